The van der Waals surface area contributed by atoms with Crippen LogP contribution in [0, 0.1) is 13.8 Å². The van der Waals surface area contributed by atoms with Crippen LogP contribution in [-0.2, 0) is 0 Å². The van der Waals surface area contributed by atoms with Gasteiger partial charge in [0.05, 0.1) is 5.69 Å². The fraction of sp³-hybridized carbons (Fsp3) is 0.154. The maximum absolute atomic E-state index is 5.92. The lowest BCUT2D eigenvalue weighted by atomic mass is 10.2. The molecule has 3 N–H and O–H groups in total. The van der Waals surface area contributed by atoms with Crippen molar-refractivity contribution in [1.82, 2.24) is 4.98 Å². The molecule has 0 radical (unpaired) electrons. The number of halogens is 1. The third kappa shape index (κ3) is 2.58. The van der Waals surface area contributed by atoms with Crippen molar-refractivity contribution in [2.75, 3.05) is 11.1 Å². The van der Waals surface area contributed by atoms with Crippen molar-refractivity contribution < 1.29 is 0 Å². The van der Waals surface area contributed by atoms with Crippen molar-refractivity contribution in [3.8, 4) is 0 Å². The van der Waals surface area contributed by atoms with Gasteiger partial charge in [0.15, 0.2) is 5.82 Å². The van der Waals surface area contributed by atoms with Crippen LogP contribution in [0.2, 0.25) is 0 Å². The van der Waals surface area contributed by atoms with Crippen molar-refractivity contribution in [2.45, 2.75) is 13.8 Å². The number of nitrogens with one attached hydrogen (secondary N) is 1. The molecule has 88 valence electrons. The molecule has 0 aliphatic heterocycles. The molecule has 0 aliphatic carbocycles. The van der Waals surface area contributed by atoms with Crippen LogP contribution in [0.15, 0.2) is 34.9 Å². The number of nitrogen functional groups attached to an aromatic ring is 1. The monoisotopic (exact) mass is 291 g/mol. The van der Waals surface area contributed by atoms with Crippen LogP contribution in [0.4, 0.5) is 17.2 Å². The zero-order chi connectivity index (χ0) is 12.4. The molecule has 0 aliphatic rings. The van der Waals surface area contributed by atoms with Crippen molar-refractivity contribution in [2.24, 2.45) is 0 Å². The molecule has 17 heavy (non-hydrogen) atoms. The minimum absolute atomic E-state index is 0.657. The smallest absolute Gasteiger partial charge is 0.153 e. The molecular formula is C13H14BrN3. The van der Waals surface area contributed by atoms with Gasteiger partial charge >= 0.3 is 0 Å². The highest BCUT2D eigenvalue weighted by Gasteiger charge is 2.05. The Kier molecular flexibility index (Phi) is 3.33. The Labute approximate surface area is 109 Å². The Morgan fingerprint density at radius 2 is 2.06 bits per heavy atom. The maximum Gasteiger partial charge on any atom is 0.153 e. The summed E-state index contributed by atoms with van der Waals surface area (Å²) in [5, 5.41) is 3.24. The van der Waals surface area contributed by atoms with Gasteiger partial charge in [0.1, 0.15) is 0 Å². The molecular weight excluding hydrogens is 278 g/mol. The van der Waals surface area contributed by atoms with E-state index in [1.807, 2.05) is 38.1 Å². The first-order chi connectivity index (χ1) is 8.08. The SMILES string of the molecule is Cc1cnc(Nc2cccc(Br)c2C)c(N)c1. The van der Waals surface area contributed by atoms with Crippen LogP contribution in [0.25, 0.3) is 0 Å². The largest absolute Gasteiger partial charge is 0.396 e. The predicted molar refractivity (Wildman–Crippen MR) is 75.5 cm³/mol. The van der Waals surface area contributed by atoms with Crippen LogP contribution in [0.5, 0.6) is 0 Å². The van der Waals surface area contributed by atoms with Crippen LogP contribution in [0.1, 0.15) is 11.1 Å². The standard InChI is InChI=1S/C13H14BrN3/c1-8-6-11(15)13(16-7-8)17-12-5-3-4-10(14)9(12)2/h3-7H,15H2,1-2H3,(H,16,17). The molecule has 0 spiro atoms. The van der Waals surface area contributed by atoms with Gasteiger partial charge in [0.2, 0.25) is 0 Å². The van der Waals surface area contributed by atoms with Crippen molar-refractivity contribution in [3.05, 3.63) is 46.1 Å². The summed E-state index contributed by atoms with van der Waals surface area (Å²) in [6.45, 7) is 4.01. The molecule has 3 nitrogen and oxygen atoms in total. The second kappa shape index (κ2) is 4.75. The van der Waals surface area contributed by atoms with Gasteiger partial charge in [-0.15, -0.1) is 0 Å². The molecule has 1 heterocycles. The molecule has 2 aromatic rings. The van der Waals surface area contributed by atoms with Gasteiger partial charge in [-0.3, -0.25) is 0 Å². The molecule has 0 atom stereocenters. The number of hydrogen-bond acceptors (Lipinski definition) is 3. The minimum atomic E-state index is 0.657. The van der Waals surface area contributed by atoms with Crippen LogP contribution < -0.4 is 11.1 Å². The van der Waals surface area contributed by atoms with E-state index in [4.69, 9.17) is 5.73 Å². The molecule has 1 aromatic carbocycles. The number of rotatable bonds is 2. The van der Waals surface area contributed by atoms with Gasteiger partial charge in [-0.05, 0) is 43.2 Å². The lowest BCUT2D eigenvalue weighted by Gasteiger charge is -2.12. The molecule has 1 aromatic heterocycles. The van der Waals surface area contributed by atoms with E-state index in [-0.39, 0.29) is 0 Å². The normalized spacial score (nSPS) is 10.3. The van der Waals surface area contributed by atoms with E-state index in [2.05, 4.69) is 26.2 Å². The number of pyridine rings is 1. The zero-order valence-corrected chi connectivity index (χ0v) is 11.4. The van der Waals surface area contributed by atoms with Crippen LogP contribution in [-0.4, -0.2) is 4.98 Å². The number of nitrogens with two attached hydrogens (primary N) is 1. The van der Waals surface area contributed by atoms with E-state index < -0.39 is 0 Å². The molecule has 0 unspecified atom stereocenters. The second-order valence-electron chi connectivity index (χ2n) is 3.99. The summed E-state index contributed by atoms with van der Waals surface area (Å²) in [5.74, 6) is 0.691. The number of hydrogen-bond donors (Lipinski definition) is 2. The Morgan fingerprint density at radius 1 is 1.29 bits per heavy atom. The van der Waals surface area contributed by atoms with E-state index in [0.29, 0.717) is 11.5 Å². The Hall–Kier alpha value is -1.55. The third-order valence-corrected chi connectivity index (χ3v) is 3.43. The van der Waals surface area contributed by atoms with Gasteiger partial charge < -0.3 is 11.1 Å². The fourth-order valence-electron chi connectivity index (χ4n) is 1.57. The number of nitrogens with zero attached hydrogens (tertiary/aromatic N) is 1. The topological polar surface area (TPSA) is 50.9 Å². The number of aryl methyl sites for hydroxylation is 1. The molecule has 0 bridgehead atoms. The quantitative estimate of drug-likeness (QED) is 0.885. The first-order valence-corrected chi connectivity index (χ1v) is 6.11. The molecule has 2 rings (SSSR count). The predicted octanol–water partition coefficient (Wildman–Crippen LogP) is 3.79. The fourth-order valence-corrected chi connectivity index (χ4v) is 1.93. The Morgan fingerprint density at radius 3 is 2.76 bits per heavy atom. The summed E-state index contributed by atoms with van der Waals surface area (Å²) in [6.07, 6.45) is 1.80. The lowest BCUT2D eigenvalue weighted by Crippen LogP contribution is -2.01. The molecule has 0 amide bonds. The van der Waals surface area contributed by atoms with Gasteiger partial charge in [0.25, 0.3) is 0 Å². The van der Waals surface area contributed by atoms with Gasteiger partial charge in [0, 0.05) is 16.4 Å². The Balaban J connectivity index is 2.35. The summed E-state index contributed by atoms with van der Waals surface area (Å²) >= 11 is 3.50. The van der Waals surface area contributed by atoms with Crippen LogP contribution >= 0.6 is 15.9 Å². The Bertz CT molecular complexity index is 552. The molecule has 0 saturated heterocycles. The highest BCUT2D eigenvalue weighted by atomic mass is 79.9. The molecule has 4 heteroatoms. The van der Waals surface area contributed by atoms with Crippen molar-refractivity contribution >= 4 is 33.1 Å². The summed E-state index contributed by atoms with van der Waals surface area (Å²) < 4.78 is 1.06. The molecule has 0 fully saturated rings. The number of benzene rings is 1. The number of anilines is 3. The van der Waals surface area contributed by atoms with Crippen LogP contribution in [0.3, 0.4) is 0 Å². The maximum atomic E-state index is 5.92. The van der Waals surface area contributed by atoms with Crippen molar-refractivity contribution in [1.29, 1.82) is 0 Å². The third-order valence-electron chi connectivity index (χ3n) is 2.57. The van der Waals surface area contributed by atoms with Gasteiger partial charge in [-0.2, -0.15) is 0 Å². The van der Waals surface area contributed by atoms with E-state index in [9.17, 15) is 0 Å². The van der Waals surface area contributed by atoms with E-state index in [1.54, 1.807) is 6.20 Å². The summed E-state index contributed by atoms with van der Waals surface area (Å²) in [7, 11) is 0. The summed E-state index contributed by atoms with van der Waals surface area (Å²) in [6, 6.07) is 7.89. The average molecular weight is 292 g/mol. The van der Waals surface area contributed by atoms with Gasteiger partial charge in [-0.25, -0.2) is 4.98 Å². The average Bonchev–Trinajstić information content (AvgIpc) is 2.28. The van der Waals surface area contributed by atoms with Gasteiger partial charge in [-0.1, -0.05) is 22.0 Å². The minimum Gasteiger partial charge on any atom is -0.396 e. The first kappa shape index (κ1) is 11.9. The van der Waals surface area contributed by atoms with Crippen molar-refractivity contribution in [3.63, 3.8) is 0 Å². The summed E-state index contributed by atoms with van der Waals surface area (Å²) in [5.41, 5.74) is 9.77. The highest BCUT2D eigenvalue weighted by Crippen LogP contribution is 2.27. The van der Waals surface area contributed by atoms with E-state index >= 15 is 0 Å². The highest BCUT2D eigenvalue weighted by molar-refractivity contribution is 9.10. The zero-order valence-electron chi connectivity index (χ0n) is 9.79. The lowest BCUT2D eigenvalue weighted by molar-refractivity contribution is 1.25. The molecule has 0 saturated carbocycles. The van der Waals surface area contributed by atoms with E-state index in [1.165, 1.54) is 0 Å². The summed E-state index contributed by atoms with van der Waals surface area (Å²) in [4.78, 5) is 4.29. The second-order valence-corrected chi connectivity index (χ2v) is 4.84. The van der Waals surface area contributed by atoms with E-state index in [0.717, 1.165) is 21.3 Å². The first-order valence-electron chi connectivity index (χ1n) is 5.32. The number of aromatic nitrogens is 1.